The minimum atomic E-state index is -0.00472. The molecule has 0 aromatic heterocycles. The van der Waals surface area contributed by atoms with E-state index in [2.05, 4.69) is 33.8 Å². The van der Waals surface area contributed by atoms with E-state index in [9.17, 15) is 4.79 Å². The Kier molecular flexibility index (Phi) is 7.27. The molecule has 0 radical (unpaired) electrons. The highest BCUT2D eigenvalue weighted by Gasteiger charge is 2.27. The fourth-order valence-corrected chi connectivity index (χ4v) is 3.00. The van der Waals surface area contributed by atoms with Crippen LogP contribution in [0.4, 0.5) is 5.69 Å². The van der Waals surface area contributed by atoms with E-state index >= 15 is 0 Å². The number of nitrogen functional groups attached to an aromatic ring is 1. The zero-order valence-electron chi connectivity index (χ0n) is 13.9. The first-order valence-corrected chi connectivity index (χ1v) is 8.19. The Morgan fingerprint density at radius 3 is 2.29 bits per heavy atom. The van der Waals surface area contributed by atoms with Crippen LogP contribution >= 0.6 is 0 Å². The number of nitrogens with two attached hydrogens (primary N) is 1. The zero-order chi connectivity index (χ0) is 15.8. The van der Waals surface area contributed by atoms with Crippen molar-refractivity contribution in [3.8, 4) is 0 Å². The number of nitrogens with zero attached hydrogens (tertiary/aromatic N) is 1. The molecule has 2 atom stereocenters. The summed E-state index contributed by atoms with van der Waals surface area (Å²) in [7, 11) is 0. The quantitative estimate of drug-likeness (QED) is 0.734. The van der Waals surface area contributed by atoms with Gasteiger partial charge in [-0.05, 0) is 42.9 Å². The number of carbonyl (C=O) groups is 1. The van der Waals surface area contributed by atoms with E-state index in [1.54, 1.807) is 0 Å². The largest absolute Gasteiger partial charge is 0.399 e. The fourth-order valence-electron chi connectivity index (χ4n) is 3.00. The molecular formula is C18H30N2O. The van der Waals surface area contributed by atoms with Crippen molar-refractivity contribution >= 4 is 11.6 Å². The maximum Gasteiger partial charge on any atom is 0.226 e. The van der Waals surface area contributed by atoms with E-state index in [0.29, 0.717) is 0 Å². The predicted octanol–water partition coefficient (Wildman–Crippen LogP) is 4.05. The van der Waals surface area contributed by atoms with Crippen LogP contribution in [0.15, 0.2) is 24.3 Å². The van der Waals surface area contributed by atoms with Crippen LogP contribution in [0.25, 0.3) is 0 Å². The molecule has 0 aliphatic carbocycles. The van der Waals surface area contributed by atoms with Crippen LogP contribution < -0.4 is 5.73 Å². The summed E-state index contributed by atoms with van der Waals surface area (Å²) in [6, 6.07) is 7.95. The molecule has 1 amide bonds. The molecule has 0 aliphatic heterocycles. The molecule has 3 heteroatoms. The van der Waals surface area contributed by atoms with Crippen molar-refractivity contribution in [1.82, 2.24) is 4.90 Å². The lowest BCUT2D eigenvalue weighted by atomic mass is 9.84. The Morgan fingerprint density at radius 2 is 1.81 bits per heavy atom. The lowest BCUT2D eigenvalue weighted by Crippen LogP contribution is -2.38. The van der Waals surface area contributed by atoms with Gasteiger partial charge in [0.25, 0.3) is 0 Å². The van der Waals surface area contributed by atoms with Crippen molar-refractivity contribution in [2.75, 3.05) is 18.8 Å². The van der Waals surface area contributed by atoms with Gasteiger partial charge in [0.15, 0.2) is 0 Å². The Morgan fingerprint density at radius 1 is 1.19 bits per heavy atom. The first kappa shape index (κ1) is 17.5. The second-order valence-electron chi connectivity index (χ2n) is 5.80. The molecule has 2 N–H and O–H groups in total. The second-order valence-corrected chi connectivity index (χ2v) is 5.80. The van der Waals surface area contributed by atoms with E-state index < -0.39 is 0 Å². The number of amides is 1. The van der Waals surface area contributed by atoms with Crippen LogP contribution in [-0.2, 0) is 4.79 Å². The summed E-state index contributed by atoms with van der Waals surface area (Å²) in [5.41, 5.74) is 7.83. The summed E-state index contributed by atoms with van der Waals surface area (Å²) >= 11 is 0. The molecule has 0 aliphatic rings. The topological polar surface area (TPSA) is 46.3 Å². The summed E-state index contributed by atoms with van der Waals surface area (Å²) in [5, 5.41) is 0. The molecule has 0 bridgehead atoms. The molecule has 0 saturated heterocycles. The third kappa shape index (κ3) is 4.76. The number of carbonyl (C=O) groups excluding carboxylic acids is 1. The van der Waals surface area contributed by atoms with Crippen LogP contribution in [0.2, 0.25) is 0 Å². The Balaban J connectivity index is 2.91. The summed E-state index contributed by atoms with van der Waals surface area (Å²) in [4.78, 5) is 14.8. The number of benzene rings is 1. The summed E-state index contributed by atoms with van der Waals surface area (Å²) in [6.45, 7) is 10.1. The molecule has 1 rings (SSSR count). The number of hydrogen-bond acceptors (Lipinski definition) is 2. The zero-order valence-corrected chi connectivity index (χ0v) is 13.9. The maximum atomic E-state index is 12.8. The fraction of sp³-hybridized carbons (Fsp3) is 0.611. The molecule has 0 saturated carbocycles. The molecule has 21 heavy (non-hydrogen) atoms. The lowest BCUT2D eigenvalue weighted by molar-refractivity contribution is -0.135. The van der Waals surface area contributed by atoms with Gasteiger partial charge in [0.05, 0.1) is 0 Å². The van der Waals surface area contributed by atoms with Gasteiger partial charge in [-0.3, -0.25) is 4.79 Å². The van der Waals surface area contributed by atoms with Gasteiger partial charge in [-0.15, -0.1) is 0 Å². The first-order chi connectivity index (χ1) is 10.0. The van der Waals surface area contributed by atoms with Crippen molar-refractivity contribution in [2.45, 2.75) is 52.9 Å². The summed E-state index contributed by atoms with van der Waals surface area (Å²) < 4.78 is 0. The number of rotatable bonds is 8. The standard InChI is InChI=1S/C18H30N2O/c1-5-11-20(12-6-2)18(21)14(4)17(7-3)15-9-8-10-16(19)13-15/h8-10,13-14,17H,5-7,11-12,19H2,1-4H3. The van der Waals surface area contributed by atoms with E-state index in [1.807, 2.05) is 23.1 Å². The van der Waals surface area contributed by atoms with Gasteiger partial charge < -0.3 is 10.6 Å². The molecule has 0 spiro atoms. The molecule has 1 aromatic rings. The SMILES string of the molecule is CCCN(CCC)C(=O)C(C)C(CC)c1cccc(N)c1. The normalized spacial score (nSPS) is 13.7. The predicted molar refractivity (Wildman–Crippen MR) is 90.2 cm³/mol. The average Bonchev–Trinajstić information content (AvgIpc) is 2.47. The first-order valence-electron chi connectivity index (χ1n) is 8.19. The van der Waals surface area contributed by atoms with E-state index in [4.69, 9.17) is 5.73 Å². The molecule has 118 valence electrons. The van der Waals surface area contributed by atoms with Crippen molar-refractivity contribution < 1.29 is 4.79 Å². The highest BCUT2D eigenvalue weighted by atomic mass is 16.2. The Labute approximate surface area is 129 Å². The average molecular weight is 290 g/mol. The highest BCUT2D eigenvalue weighted by Crippen LogP contribution is 2.30. The van der Waals surface area contributed by atoms with Crippen molar-refractivity contribution in [3.05, 3.63) is 29.8 Å². The smallest absolute Gasteiger partial charge is 0.226 e. The van der Waals surface area contributed by atoms with Gasteiger partial charge in [-0.1, -0.05) is 39.8 Å². The van der Waals surface area contributed by atoms with Crippen LogP contribution in [0.1, 0.15) is 58.4 Å². The van der Waals surface area contributed by atoms with Crippen LogP contribution in [0.5, 0.6) is 0 Å². The van der Waals surface area contributed by atoms with Gasteiger partial charge in [-0.25, -0.2) is 0 Å². The van der Waals surface area contributed by atoms with Crippen molar-refractivity contribution in [2.24, 2.45) is 5.92 Å². The summed E-state index contributed by atoms with van der Waals surface area (Å²) in [5.74, 6) is 0.500. The van der Waals surface area contributed by atoms with E-state index in [-0.39, 0.29) is 17.7 Å². The van der Waals surface area contributed by atoms with Gasteiger partial charge in [-0.2, -0.15) is 0 Å². The second kappa shape index (κ2) is 8.71. The van der Waals surface area contributed by atoms with Gasteiger partial charge in [0.2, 0.25) is 5.91 Å². The number of hydrogen-bond donors (Lipinski definition) is 1. The van der Waals surface area contributed by atoms with E-state index in [0.717, 1.165) is 38.0 Å². The molecule has 3 nitrogen and oxygen atoms in total. The minimum Gasteiger partial charge on any atom is -0.399 e. The minimum absolute atomic E-state index is 0.00472. The third-order valence-corrected chi connectivity index (χ3v) is 4.07. The highest BCUT2D eigenvalue weighted by molar-refractivity contribution is 5.79. The maximum absolute atomic E-state index is 12.8. The number of anilines is 1. The molecule has 2 unspecified atom stereocenters. The van der Waals surface area contributed by atoms with Crippen molar-refractivity contribution in [3.63, 3.8) is 0 Å². The van der Waals surface area contributed by atoms with E-state index in [1.165, 1.54) is 5.56 Å². The molecule has 0 heterocycles. The van der Waals surface area contributed by atoms with Crippen LogP contribution in [0, 0.1) is 5.92 Å². The Bertz CT molecular complexity index is 439. The molecule has 0 fully saturated rings. The Hall–Kier alpha value is -1.51. The third-order valence-electron chi connectivity index (χ3n) is 4.07. The lowest BCUT2D eigenvalue weighted by Gasteiger charge is -2.29. The van der Waals surface area contributed by atoms with Crippen LogP contribution in [-0.4, -0.2) is 23.9 Å². The molecule has 1 aromatic carbocycles. The summed E-state index contributed by atoms with van der Waals surface area (Å²) in [6.07, 6.45) is 2.96. The van der Waals surface area contributed by atoms with Gasteiger partial charge in [0, 0.05) is 24.7 Å². The van der Waals surface area contributed by atoms with Gasteiger partial charge >= 0.3 is 0 Å². The van der Waals surface area contributed by atoms with Gasteiger partial charge in [0.1, 0.15) is 0 Å². The molecular weight excluding hydrogens is 260 g/mol. The monoisotopic (exact) mass is 290 g/mol. The van der Waals surface area contributed by atoms with Crippen molar-refractivity contribution in [1.29, 1.82) is 0 Å². The van der Waals surface area contributed by atoms with Crippen LogP contribution in [0.3, 0.4) is 0 Å².